The molecular weight excluding hydrogens is 236 g/mol. The maximum Gasteiger partial charge on any atom is 0.159 e. The number of carbonyl (C=O) groups is 1. The highest BCUT2D eigenvalue weighted by atomic mass is 16.1. The van der Waals surface area contributed by atoms with Crippen molar-refractivity contribution in [2.45, 2.75) is 26.8 Å². The molecule has 0 bridgehead atoms. The standard InChI is InChI=1S/C16H16N2O/c1-3-9-18-15-7-6-12(11(2)19)10-14(15)13-5-4-8-17-16(13)18/h4-8,10H,3,9H2,1-2H3. The van der Waals surface area contributed by atoms with Gasteiger partial charge in [0.25, 0.3) is 0 Å². The van der Waals surface area contributed by atoms with Gasteiger partial charge in [-0.25, -0.2) is 4.98 Å². The topological polar surface area (TPSA) is 34.9 Å². The highest BCUT2D eigenvalue weighted by Crippen LogP contribution is 2.28. The third-order valence-electron chi connectivity index (χ3n) is 3.47. The van der Waals surface area contributed by atoms with Crippen LogP contribution in [0.5, 0.6) is 0 Å². The lowest BCUT2D eigenvalue weighted by Crippen LogP contribution is -1.97. The van der Waals surface area contributed by atoms with E-state index in [0.29, 0.717) is 0 Å². The first-order valence-electron chi connectivity index (χ1n) is 6.60. The molecule has 3 aromatic rings. The van der Waals surface area contributed by atoms with Crippen molar-refractivity contribution in [2.75, 3.05) is 0 Å². The number of pyridine rings is 1. The second-order valence-electron chi connectivity index (χ2n) is 4.81. The Hall–Kier alpha value is -2.16. The van der Waals surface area contributed by atoms with Crippen LogP contribution < -0.4 is 0 Å². The van der Waals surface area contributed by atoms with Gasteiger partial charge in [-0.1, -0.05) is 6.92 Å². The molecule has 0 radical (unpaired) electrons. The second-order valence-corrected chi connectivity index (χ2v) is 4.81. The van der Waals surface area contributed by atoms with Gasteiger partial charge in [0, 0.05) is 29.1 Å². The van der Waals surface area contributed by atoms with Crippen molar-refractivity contribution < 1.29 is 4.79 Å². The van der Waals surface area contributed by atoms with Crippen LogP contribution in [0.4, 0.5) is 0 Å². The average molecular weight is 252 g/mol. The van der Waals surface area contributed by atoms with E-state index in [0.717, 1.165) is 40.5 Å². The summed E-state index contributed by atoms with van der Waals surface area (Å²) in [5.74, 6) is 0.0992. The summed E-state index contributed by atoms with van der Waals surface area (Å²) in [6.07, 6.45) is 2.88. The number of nitrogens with zero attached hydrogens (tertiary/aromatic N) is 2. The van der Waals surface area contributed by atoms with Crippen molar-refractivity contribution in [1.82, 2.24) is 9.55 Å². The molecule has 2 aromatic heterocycles. The Balaban J connectivity index is 2.41. The molecule has 3 rings (SSSR count). The average Bonchev–Trinajstić information content (AvgIpc) is 2.74. The zero-order valence-corrected chi connectivity index (χ0v) is 11.2. The normalized spacial score (nSPS) is 11.3. The number of fused-ring (bicyclic) bond motifs is 3. The number of ketones is 1. The Morgan fingerprint density at radius 2 is 2.11 bits per heavy atom. The van der Waals surface area contributed by atoms with E-state index in [4.69, 9.17) is 0 Å². The number of benzene rings is 1. The fourth-order valence-corrected chi connectivity index (χ4v) is 2.59. The SMILES string of the molecule is CCCn1c2ccc(C(C)=O)cc2c2cccnc21. The van der Waals surface area contributed by atoms with Gasteiger partial charge in [-0.15, -0.1) is 0 Å². The molecule has 0 aliphatic rings. The minimum Gasteiger partial charge on any atom is -0.325 e. The maximum absolute atomic E-state index is 11.5. The summed E-state index contributed by atoms with van der Waals surface area (Å²) in [4.78, 5) is 16.0. The smallest absolute Gasteiger partial charge is 0.159 e. The molecule has 3 nitrogen and oxygen atoms in total. The summed E-state index contributed by atoms with van der Waals surface area (Å²) in [6.45, 7) is 4.70. The van der Waals surface area contributed by atoms with E-state index in [-0.39, 0.29) is 5.78 Å². The second kappa shape index (κ2) is 4.50. The van der Waals surface area contributed by atoms with Crippen molar-refractivity contribution in [3.8, 4) is 0 Å². The first kappa shape index (κ1) is 11.9. The summed E-state index contributed by atoms with van der Waals surface area (Å²) in [5, 5.41) is 2.23. The van der Waals surface area contributed by atoms with Gasteiger partial charge >= 0.3 is 0 Å². The number of hydrogen-bond acceptors (Lipinski definition) is 2. The zero-order valence-electron chi connectivity index (χ0n) is 11.2. The summed E-state index contributed by atoms with van der Waals surface area (Å²) in [7, 11) is 0. The Bertz CT molecular complexity index is 771. The molecule has 0 aliphatic carbocycles. The van der Waals surface area contributed by atoms with Gasteiger partial charge in [-0.05, 0) is 43.7 Å². The summed E-state index contributed by atoms with van der Waals surface area (Å²) >= 11 is 0. The van der Waals surface area contributed by atoms with Crippen molar-refractivity contribution in [3.05, 3.63) is 42.1 Å². The number of hydrogen-bond donors (Lipinski definition) is 0. The van der Waals surface area contributed by atoms with E-state index in [1.807, 2.05) is 30.5 Å². The van der Waals surface area contributed by atoms with Crippen LogP contribution in [0.25, 0.3) is 21.9 Å². The van der Waals surface area contributed by atoms with Crippen LogP contribution >= 0.6 is 0 Å². The van der Waals surface area contributed by atoms with E-state index >= 15 is 0 Å². The molecule has 0 saturated heterocycles. The van der Waals surface area contributed by atoms with Crippen molar-refractivity contribution in [2.24, 2.45) is 0 Å². The van der Waals surface area contributed by atoms with Crippen LogP contribution in [0.1, 0.15) is 30.6 Å². The van der Waals surface area contributed by atoms with Crippen LogP contribution in [0.3, 0.4) is 0 Å². The van der Waals surface area contributed by atoms with Gasteiger partial charge in [-0.3, -0.25) is 4.79 Å². The summed E-state index contributed by atoms with van der Waals surface area (Å²) in [6, 6.07) is 9.92. The fraction of sp³-hybridized carbons (Fsp3) is 0.250. The third kappa shape index (κ3) is 1.82. The highest BCUT2D eigenvalue weighted by Gasteiger charge is 2.12. The first-order valence-corrected chi connectivity index (χ1v) is 6.60. The molecule has 0 atom stereocenters. The molecule has 2 heterocycles. The van der Waals surface area contributed by atoms with Crippen LogP contribution in [0.2, 0.25) is 0 Å². The Labute approximate surface area is 111 Å². The monoisotopic (exact) mass is 252 g/mol. The Kier molecular flexibility index (Phi) is 2.82. The molecule has 19 heavy (non-hydrogen) atoms. The fourth-order valence-electron chi connectivity index (χ4n) is 2.59. The van der Waals surface area contributed by atoms with Crippen molar-refractivity contribution >= 4 is 27.7 Å². The quantitative estimate of drug-likeness (QED) is 0.664. The van der Waals surface area contributed by atoms with Crippen molar-refractivity contribution in [1.29, 1.82) is 0 Å². The lowest BCUT2D eigenvalue weighted by Gasteiger charge is -2.04. The summed E-state index contributed by atoms with van der Waals surface area (Å²) in [5.41, 5.74) is 2.91. The Morgan fingerprint density at radius 1 is 1.26 bits per heavy atom. The van der Waals surface area contributed by atoms with Gasteiger partial charge in [0.05, 0.1) is 5.52 Å². The van der Waals surface area contributed by atoms with Gasteiger partial charge in [0.1, 0.15) is 5.65 Å². The van der Waals surface area contributed by atoms with E-state index < -0.39 is 0 Å². The van der Waals surface area contributed by atoms with Gasteiger partial charge in [0.15, 0.2) is 5.78 Å². The molecule has 0 aliphatic heterocycles. The molecule has 3 heteroatoms. The van der Waals surface area contributed by atoms with Gasteiger partial charge in [0.2, 0.25) is 0 Å². The van der Waals surface area contributed by atoms with Crippen LogP contribution in [0.15, 0.2) is 36.5 Å². The molecular formula is C16H16N2O. The molecule has 0 amide bonds. The summed E-state index contributed by atoms with van der Waals surface area (Å²) < 4.78 is 2.23. The third-order valence-corrected chi connectivity index (χ3v) is 3.47. The van der Waals surface area contributed by atoms with Gasteiger partial charge in [-0.2, -0.15) is 0 Å². The largest absolute Gasteiger partial charge is 0.325 e. The van der Waals surface area contributed by atoms with E-state index in [1.54, 1.807) is 6.92 Å². The van der Waals surface area contributed by atoms with Gasteiger partial charge < -0.3 is 4.57 Å². The minimum atomic E-state index is 0.0992. The molecule has 0 N–H and O–H groups in total. The maximum atomic E-state index is 11.5. The Morgan fingerprint density at radius 3 is 2.84 bits per heavy atom. The van der Waals surface area contributed by atoms with Crippen LogP contribution in [0, 0.1) is 0 Å². The predicted octanol–water partition coefficient (Wildman–Crippen LogP) is 3.80. The number of Topliss-reactive ketones (excluding diaryl/α,β-unsaturated/α-hetero) is 1. The van der Waals surface area contributed by atoms with Crippen LogP contribution in [-0.2, 0) is 6.54 Å². The number of aromatic nitrogens is 2. The van der Waals surface area contributed by atoms with E-state index in [2.05, 4.69) is 22.5 Å². The predicted molar refractivity (Wildman–Crippen MR) is 77.5 cm³/mol. The van der Waals surface area contributed by atoms with Crippen molar-refractivity contribution in [3.63, 3.8) is 0 Å². The number of rotatable bonds is 3. The number of aryl methyl sites for hydroxylation is 1. The molecule has 0 unspecified atom stereocenters. The first-order chi connectivity index (χ1) is 9.22. The van der Waals surface area contributed by atoms with Crippen LogP contribution in [-0.4, -0.2) is 15.3 Å². The molecule has 96 valence electrons. The molecule has 1 aromatic carbocycles. The molecule has 0 saturated carbocycles. The zero-order chi connectivity index (χ0) is 13.4. The molecule has 0 spiro atoms. The number of carbonyl (C=O) groups excluding carboxylic acids is 1. The minimum absolute atomic E-state index is 0.0992. The lowest BCUT2D eigenvalue weighted by atomic mass is 10.1. The lowest BCUT2D eigenvalue weighted by molar-refractivity contribution is 0.101. The van der Waals surface area contributed by atoms with E-state index in [1.165, 1.54) is 0 Å². The van der Waals surface area contributed by atoms with E-state index in [9.17, 15) is 4.79 Å². The molecule has 0 fully saturated rings. The highest BCUT2D eigenvalue weighted by molar-refractivity contribution is 6.09.